The Hall–Kier alpha value is -1.34. The zero-order chi connectivity index (χ0) is 14.6. The predicted octanol–water partition coefficient (Wildman–Crippen LogP) is 2.23. The summed E-state index contributed by atoms with van der Waals surface area (Å²) in [4.78, 5) is 5.81. The standard InChI is InChI=1S/C13H18F3N3O/c1-2-19-6-7-20-10(9-19)8-17-12-5-3-4-11(18-12)13(14,15)16/h3-5,10H,2,6-9H2,1H3,(H,17,18). The Morgan fingerprint density at radius 1 is 1.45 bits per heavy atom. The normalized spacial score (nSPS) is 20.9. The van der Waals surface area contributed by atoms with Crippen LogP contribution in [-0.4, -0.2) is 48.8 Å². The molecule has 2 heterocycles. The second-order valence-electron chi connectivity index (χ2n) is 4.67. The summed E-state index contributed by atoms with van der Waals surface area (Å²) in [5.41, 5.74) is -0.887. The molecule has 1 saturated heterocycles. The molecule has 1 unspecified atom stereocenters. The third kappa shape index (κ3) is 4.08. The van der Waals surface area contributed by atoms with Gasteiger partial charge in [0, 0.05) is 19.6 Å². The van der Waals surface area contributed by atoms with Gasteiger partial charge in [0.25, 0.3) is 0 Å². The number of nitrogens with one attached hydrogen (secondary N) is 1. The monoisotopic (exact) mass is 289 g/mol. The highest BCUT2D eigenvalue weighted by Crippen LogP contribution is 2.28. The van der Waals surface area contributed by atoms with Gasteiger partial charge in [-0.15, -0.1) is 0 Å². The van der Waals surface area contributed by atoms with Crippen molar-refractivity contribution in [3.63, 3.8) is 0 Å². The van der Waals surface area contributed by atoms with Crippen molar-refractivity contribution in [1.82, 2.24) is 9.88 Å². The number of alkyl halides is 3. The Morgan fingerprint density at radius 2 is 2.25 bits per heavy atom. The number of nitrogens with zero attached hydrogens (tertiary/aromatic N) is 2. The lowest BCUT2D eigenvalue weighted by Gasteiger charge is -2.32. The molecular weight excluding hydrogens is 271 g/mol. The summed E-state index contributed by atoms with van der Waals surface area (Å²) in [6.45, 7) is 5.80. The van der Waals surface area contributed by atoms with Gasteiger partial charge < -0.3 is 10.1 Å². The number of pyridine rings is 1. The average molecular weight is 289 g/mol. The molecule has 1 atom stereocenters. The molecule has 1 fully saturated rings. The first-order chi connectivity index (χ1) is 9.49. The second kappa shape index (κ2) is 6.41. The van der Waals surface area contributed by atoms with Crippen molar-refractivity contribution in [3.05, 3.63) is 23.9 Å². The van der Waals surface area contributed by atoms with E-state index in [4.69, 9.17) is 4.74 Å². The van der Waals surface area contributed by atoms with Crippen molar-refractivity contribution in [3.8, 4) is 0 Å². The van der Waals surface area contributed by atoms with Crippen LogP contribution in [0.1, 0.15) is 12.6 Å². The van der Waals surface area contributed by atoms with Gasteiger partial charge in [0.2, 0.25) is 0 Å². The van der Waals surface area contributed by atoms with Gasteiger partial charge in [0.1, 0.15) is 11.5 Å². The fourth-order valence-electron chi connectivity index (χ4n) is 2.10. The molecule has 0 spiro atoms. The smallest absolute Gasteiger partial charge is 0.374 e. The zero-order valence-electron chi connectivity index (χ0n) is 11.3. The van der Waals surface area contributed by atoms with E-state index in [2.05, 4.69) is 22.1 Å². The lowest BCUT2D eigenvalue weighted by Crippen LogP contribution is -2.45. The fourth-order valence-corrected chi connectivity index (χ4v) is 2.10. The van der Waals surface area contributed by atoms with Crippen LogP contribution in [0.2, 0.25) is 0 Å². The van der Waals surface area contributed by atoms with Crippen LogP contribution in [0.25, 0.3) is 0 Å². The van der Waals surface area contributed by atoms with Crippen LogP contribution in [0.5, 0.6) is 0 Å². The van der Waals surface area contributed by atoms with Crippen LogP contribution in [0.4, 0.5) is 19.0 Å². The number of anilines is 1. The molecule has 20 heavy (non-hydrogen) atoms. The third-order valence-corrected chi connectivity index (χ3v) is 3.22. The van der Waals surface area contributed by atoms with Crippen molar-refractivity contribution in [1.29, 1.82) is 0 Å². The quantitative estimate of drug-likeness (QED) is 0.922. The summed E-state index contributed by atoms with van der Waals surface area (Å²) in [5.74, 6) is 0.219. The molecular formula is C13H18F3N3O. The van der Waals surface area contributed by atoms with Crippen molar-refractivity contribution >= 4 is 5.82 Å². The van der Waals surface area contributed by atoms with Crippen LogP contribution in [-0.2, 0) is 10.9 Å². The van der Waals surface area contributed by atoms with E-state index in [-0.39, 0.29) is 11.9 Å². The summed E-state index contributed by atoms with van der Waals surface area (Å²) < 4.78 is 43.2. The topological polar surface area (TPSA) is 37.4 Å². The zero-order valence-corrected chi connectivity index (χ0v) is 11.3. The van der Waals surface area contributed by atoms with Gasteiger partial charge in [-0.2, -0.15) is 13.2 Å². The summed E-state index contributed by atoms with van der Waals surface area (Å²) in [6.07, 6.45) is -4.45. The van der Waals surface area contributed by atoms with Crippen molar-refractivity contribution in [2.45, 2.75) is 19.2 Å². The molecule has 1 aromatic rings. The number of ether oxygens (including phenoxy) is 1. The molecule has 0 aromatic carbocycles. The fraction of sp³-hybridized carbons (Fsp3) is 0.615. The SMILES string of the molecule is CCN1CCOC(CNc2cccc(C(F)(F)F)n2)C1. The molecule has 2 rings (SSSR count). The Kier molecular flexibility index (Phi) is 4.82. The number of rotatable bonds is 4. The molecule has 0 bridgehead atoms. The van der Waals surface area contributed by atoms with Gasteiger partial charge in [-0.05, 0) is 18.7 Å². The molecule has 0 saturated carbocycles. The number of likely N-dealkylation sites (N-methyl/N-ethyl adjacent to an activating group) is 1. The summed E-state index contributed by atoms with van der Waals surface area (Å²) >= 11 is 0. The van der Waals surface area contributed by atoms with E-state index in [9.17, 15) is 13.2 Å². The Bertz CT molecular complexity index is 439. The highest BCUT2D eigenvalue weighted by atomic mass is 19.4. The maximum atomic E-state index is 12.5. The minimum atomic E-state index is -4.42. The van der Waals surface area contributed by atoms with E-state index in [1.165, 1.54) is 12.1 Å². The lowest BCUT2D eigenvalue weighted by atomic mass is 10.2. The number of aromatic nitrogens is 1. The van der Waals surface area contributed by atoms with Crippen molar-refractivity contribution in [2.24, 2.45) is 0 Å². The highest BCUT2D eigenvalue weighted by Gasteiger charge is 2.32. The minimum absolute atomic E-state index is 0.0277. The molecule has 1 aliphatic rings. The van der Waals surface area contributed by atoms with Crippen LogP contribution in [0, 0.1) is 0 Å². The Morgan fingerprint density at radius 3 is 2.95 bits per heavy atom. The maximum absolute atomic E-state index is 12.5. The summed E-state index contributed by atoms with van der Waals surface area (Å²) in [5, 5.41) is 2.91. The van der Waals surface area contributed by atoms with Crippen molar-refractivity contribution in [2.75, 3.05) is 38.1 Å². The van der Waals surface area contributed by atoms with Gasteiger partial charge in [-0.25, -0.2) is 4.98 Å². The Balaban J connectivity index is 1.91. The molecule has 4 nitrogen and oxygen atoms in total. The number of halogens is 3. The van der Waals surface area contributed by atoms with Gasteiger partial charge >= 0.3 is 6.18 Å². The van der Waals surface area contributed by atoms with E-state index in [1.54, 1.807) is 0 Å². The predicted molar refractivity (Wildman–Crippen MR) is 69.6 cm³/mol. The van der Waals surface area contributed by atoms with Crippen LogP contribution >= 0.6 is 0 Å². The van der Waals surface area contributed by atoms with E-state index in [0.29, 0.717) is 13.2 Å². The first-order valence-corrected chi connectivity index (χ1v) is 6.61. The molecule has 0 radical (unpaired) electrons. The van der Waals surface area contributed by atoms with E-state index < -0.39 is 11.9 Å². The largest absolute Gasteiger partial charge is 0.433 e. The number of hydrogen-bond acceptors (Lipinski definition) is 4. The van der Waals surface area contributed by atoms with E-state index in [1.807, 2.05) is 0 Å². The first-order valence-electron chi connectivity index (χ1n) is 6.61. The van der Waals surface area contributed by atoms with Crippen molar-refractivity contribution < 1.29 is 17.9 Å². The minimum Gasteiger partial charge on any atom is -0.374 e. The second-order valence-corrected chi connectivity index (χ2v) is 4.67. The number of hydrogen-bond donors (Lipinski definition) is 1. The van der Waals surface area contributed by atoms with Gasteiger partial charge in [-0.1, -0.05) is 13.0 Å². The number of morpholine rings is 1. The van der Waals surface area contributed by atoms with E-state index >= 15 is 0 Å². The molecule has 1 aromatic heterocycles. The average Bonchev–Trinajstić information content (AvgIpc) is 2.45. The molecule has 0 amide bonds. The molecule has 112 valence electrons. The van der Waals surface area contributed by atoms with E-state index in [0.717, 1.165) is 25.7 Å². The molecule has 1 aliphatic heterocycles. The Labute approximate surface area is 115 Å². The van der Waals surface area contributed by atoms with Crippen LogP contribution in [0.3, 0.4) is 0 Å². The van der Waals surface area contributed by atoms with Gasteiger partial charge in [0.05, 0.1) is 12.7 Å². The van der Waals surface area contributed by atoms with Crippen LogP contribution < -0.4 is 5.32 Å². The summed E-state index contributed by atoms with van der Waals surface area (Å²) in [6, 6.07) is 3.83. The van der Waals surface area contributed by atoms with Gasteiger partial charge in [0.15, 0.2) is 0 Å². The maximum Gasteiger partial charge on any atom is 0.433 e. The lowest BCUT2D eigenvalue weighted by molar-refractivity contribution is -0.141. The first kappa shape index (κ1) is 15.1. The van der Waals surface area contributed by atoms with Gasteiger partial charge in [-0.3, -0.25) is 4.90 Å². The highest BCUT2D eigenvalue weighted by molar-refractivity contribution is 5.36. The molecule has 1 N–H and O–H groups in total. The summed E-state index contributed by atoms with van der Waals surface area (Å²) in [7, 11) is 0. The van der Waals surface area contributed by atoms with Crippen LogP contribution in [0.15, 0.2) is 18.2 Å². The molecule has 0 aliphatic carbocycles. The third-order valence-electron chi connectivity index (χ3n) is 3.22. The molecule has 7 heteroatoms.